The topological polar surface area (TPSA) is 77.0 Å². The molecule has 0 spiro atoms. The van der Waals surface area contributed by atoms with Crippen molar-refractivity contribution in [1.82, 2.24) is 34.6 Å². The van der Waals surface area contributed by atoms with Gasteiger partial charge in [-0.25, -0.2) is 0 Å². The first-order valence-electron chi connectivity index (χ1n) is 9.50. The van der Waals surface area contributed by atoms with Gasteiger partial charge in [-0.05, 0) is 30.3 Å². The van der Waals surface area contributed by atoms with E-state index in [2.05, 4.69) is 25.4 Å². The number of hydrogen-bond donors (Lipinski definition) is 0. The summed E-state index contributed by atoms with van der Waals surface area (Å²) in [6.45, 7) is 0. The van der Waals surface area contributed by atoms with E-state index >= 15 is 8.78 Å². The van der Waals surface area contributed by atoms with Gasteiger partial charge < -0.3 is 4.90 Å². The molecule has 5 aromatic rings. The van der Waals surface area contributed by atoms with Crippen LogP contribution in [-0.4, -0.2) is 48.7 Å². The number of aromatic nitrogens is 7. The van der Waals surface area contributed by atoms with E-state index in [1.165, 1.54) is 12.1 Å². The van der Waals surface area contributed by atoms with Gasteiger partial charge in [-0.1, -0.05) is 6.07 Å². The first-order chi connectivity index (χ1) is 14.8. The molecule has 4 heterocycles. The molecular weight excluding hydrogens is 402 g/mol. The number of benzene rings is 1. The quantitative estimate of drug-likeness (QED) is 0.444. The average Bonchev–Trinajstić information content (AvgIpc) is 3.39. The third-order valence-electron chi connectivity index (χ3n) is 5.07. The van der Waals surface area contributed by atoms with Gasteiger partial charge in [0.25, 0.3) is 0 Å². The first kappa shape index (κ1) is 19.0. The van der Waals surface area contributed by atoms with Crippen molar-refractivity contribution < 1.29 is 8.78 Å². The van der Waals surface area contributed by atoms with Gasteiger partial charge in [0.15, 0.2) is 5.65 Å². The van der Waals surface area contributed by atoms with Crippen molar-refractivity contribution in [1.29, 1.82) is 0 Å². The Morgan fingerprint density at radius 1 is 0.968 bits per heavy atom. The van der Waals surface area contributed by atoms with Gasteiger partial charge in [0.2, 0.25) is 5.82 Å². The lowest BCUT2D eigenvalue weighted by atomic mass is 10.0. The van der Waals surface area contributed by atoms with Crippen LogP contribution >= 0.6 is 0 Å². The summed E-state index contributed by atoms with van der Waals surface area (Å²) < 4.78 is 33.8. The van der Waals surface area contributed by atoms with Crippen molar-refractivity contribution in [2.45, 2.75) is 5.92 Å². The van der Waals surface area contributed by atoms with Gasteiger partial charge in [0.1, 0.15) is 5.82 Å². The Morgan fingerprint density at radius 2 is 1.81 bits per heavy atom. The van der Waals surface area contributed by atoms with Crippen molar-refractivity contribution in [2.75, 3.05) is 19.0 Å². The van der Waals surface area contributed by atoms with E-state index in [-0.39, 0.29) is 11.2 Å². The highest BCUT2D eigenvalue weighted by molar-refractivity contribution is 5.84. The minimum absolute atomic E-state index is 0.212. The van der Waals surface area contributed by atoms with Crippen LogP contribution in [0.15, 0.2) is 55.0 Å². The molecule has 0 fully saturated rings. The number of anilines is 1. The Bertz CT molecular complexity index is 1420. The lowest BCUT2D eigenvalue weighted by Gasteiger charge is -2.16. The summed E-state index contributed by atoms with van der Waals surface area (Å²) in [7, 11) is 5.38. The molecule has 10 heteroatoms. The molecular formula is C21H18F2N8. The molecule has 5 rings (SSSR count). The van der Waals surface area contributed by atoms with Crippen LogP contribution < -0.4 is 4.90 Å². The van der Waals surface area contributed by atoms with Crippen LogP contribution in [0.1, 0.15) is 11.4 Å². The van der Waals surface area contributed by atoms with Crippen molar-refractivity contribution in [3.05, 3.63) is 66.4 Å². The van der Waals surface area contributed by atoms with E-state index in [9.17, 15) is 0 Å². The Labute approximate surface area is 175 Å². The van der Waals surface area contributed by atoms with Gasteiger partial charge in [-0.15, -0.1) is 15.3 Å². The zero-order valence-electron chi connectivity index (χ0n) is 17.0. The fraction of sp³-hybridized carbons (Fsp3) is 0.190. The molecule has 0 atom stereocenters. The summed E-state index contributed by atoms with van der Waals surface area (Å²) in [6, 6.07) is 9.50. The molecule has 8 nitrogen and oxygen atoms in total. The second-order valence-corrected chi connectivity index (χ2v) is 7.49. The van der Waals surface area contributed by atoms with E-state index in [0.717, 1.165) is 15.6 Å². The molecule has 0 aliphatic rings. The molecule has 0 N–H and O–H groups in total. The van der Waals surface area contributed by atoms with Crippen LogP contribution in [0.25, 0.3) is 27.7 Å². The van der Waals surface area contributed by atoms with Crippen LogP contribution in [0.4, 0.5) is 14.6 Å². The van der Waals surface area contributed by atoms with Crippen molar-refractivity contribution in [3.63, 3.8) is 0 Å². The molecule has 0 saturated heterocycles. The number of aryl methyl sites for hydroxylation is 1. The minimum Gasteiger partial charge on any atom is -0.361 e. The number of pyridine rings is 1. The number of halogens is 2. The van der Waals surface area contributed by atoms with Gasteiger partial charge >= 0.3 is 5.92 Å². The molecule has 0 bridgehead atoms. The maximum Gasteiger partial charge on any atom is 0.333 e. The van der Waals surface area contributed by atoms with E-state index in [4.69, 9.17) is 0 Å². The van der Waals surface area contributed by atoms with Gasteiger partial charge in [-0.3, -0.25) is 9.67 Å². The molecule has 0 aliphatic heterocycles. The lowest BCUT2D eigenvalue weighted by molar-refractivity contribution is 0.0307. The summed E-state index contributed by atoms with van der Waals surface area (Å²) in [5, 5.41) is 16.6. The Hall–Kier alpha value is -3.95. The van der Waals surface area contributed by atoms with E-state index in [1.807, 2.05) is 19.3 Å². The zero-order chi connectivity index (χ0) is 21.8. The van der Waals surface area contributed by atoms with Gasteiger partial charge in [0, 0.05) is 55.6 Å². The Kier molecular flexibility index (Phi) is 4.17. The zero-order valence-corrected chi connectivity index (χ0v) is 17.0. The highest BCUT2D eigenvalue weighted by Crippen LogP contribution is 2.36. The van der Waals surface area contributed by atoms with Crippen molar-refractivity contribution in [3.8, 4) is 11.1 Å². The third kappa shape index (κ3) is 3.16. The van der Waals surface area contributed by atoms with Crippen LogP contribution in [0, 0.1) is 0 Å². The molecule has 0 amide bonds. The molecule has 4 aromatic heterocycles. The third-order valence-corrected chi connectivity index (χ3v) is 5.07. The number of fused-ring (bicyclic) bond motifs is 2. The van der Waals surface area contributed by atoms with E-state index in [1.54, 1.807) is 54.3 Å². The van der Waals surface area contributed by atoms with E-state index < -0.39 is 11.7 Å². The van der Waals surface area contributed by atoms with Crippen LogP contribution in [0.3, 0.4) is 0 Å². The van der Waals surface area contributed by atoms with Crippen molar-refractivity contribution in [2.24, 2.45) is 7.05 Å². The Morgan fingerprint density at radius 3 is 2.55 bits per heavy atom. The SMILES string of the molecule is CN(C)c1ccc2nnc(C(F)(F)c3ccc4ncc(-c5cnn(C)c5)cc4c3)n2n1. The van der Waals surface area contributed by atoms with Crippen LogP contribution in [-0.2, 0) is 13.0 Å². The standard InChI is InChI=1S/C21H18F2N8/c1-29(2)19-7-6-18-26-27-20(31(18)28-19)21(22,23)16-4-5-17-13(9-16)8-14(10-24-17)15-11-25-30(3)12-15/h4-12H,1-3H3. The monoisotopic (exact) mass is 420 g/mol. The number of alkyl halides is 2. The highest BCUT2D eigenvalue weighted by atomic mass is 19.3. The summed E-state index contributed by atoms with van der Waals surface area (Å²) in [6.07, 6.45) is 5.26. The Balaban J connectivity index is 1.62. The number of rotatable bonds is 4. The summed E-state index contributed by atoms with van der Waals surface area (Å²) in [5.74, 6) is -3.43. The summed E-state index contributed by atoms with van der Waals surface area (Å²) in [5.41, 5.74) is 2.31. The maximum atomic E-state index is 15.5. The average molecular weight is 420 g/mol. The van der Waals surface area contributed by atoms with Crippen LogP contribution in [0.2, 0.25) is 0 Å². The second-order valence-electron chi connectivity index (χ2n) is 7.49. The summed E-state index contributed by atoms with van der Waals surface area (Å²) >= 11 is 0. The normalized spacial score (nSPS) is 12.0. The number of hydrogen-bond acceptors (Lipinski definition) is 6. The van der Waals surface area contributed by atoms with Gasteiger partial charge in [0.05, 0.1) is 11.7 Å². The van der Waals surface area contributed by atoms with Crippen LogP contribution in [0.5, 0.6) is 0 Å². The molecule has 156 valence electrons. The van der Waals surface area contributed by atoms with Crippen molar-refractivity contribution >= 4 is 22.4 Å². The predicted molar refractivity (Wildman–Crippen MR) is 112 cm³/mol. The maximum absolute atomic E-state index is 15.5. The van der Waals surface area contributed by atoms with Gasteiger partial charge in [-0.2, -0.15) is 18.4 Å². The highest BCUT2D eigenvalue weighted by Gasteiger charge is 2.40. The minimum atomic E-state index is -3.41. The second kappa shape index (κ2) is 6.79. The number of nitrogens with zero attached hydrogens (tertiary/aromatic N) is 8. The molecule has 0 radical (unpaired) electrons. The lowest BCUT2D eigenvalue weighted by Crippen LogP contribution is -2.21. The molecule has 1 aromatic carbocycles. The molecule has 31 heavy (non-hydrogen) atoms. The molecule has 0 saturated carbocycles. The fourth-order valence-corrected chi connectivity index (χ4v) is 3.40. The fourth-order valence-electron chi connectivity index (χ4n) is 3.40. The first-order valence-corrected chi connectivity index (χ1v) is 9.50. The van der Waals surface area contributed by atoms with E-state index in [0.29, 0.717) is 16.7 Å². The molecule has 0 aliphatic carbocycles. The predicted octanol–water partition coefficient (Wildman–Crippen LogP) is 3.28. The summed E-state index contributed by atoms with van der Waals surface area (Å²) in [4.78, 5) is 6.13. The molecule has 0 unspecified atom stereocenters. The smallest absolute Gasteiger partial charge is 0.333 e. The largest absolute Gasteiger partial charge is 0.361 e.